The summed E-state index contributed by atoms with van der Waals surface area (Å²) in [6.45, 7) is 1.27. The summed E-state index contributed by atoms with van der Waals surface area (Å²) in [7, 11) is -4.31. The molecule has 8 heteroatoms. The van der Waals surface area contributed by atoms with Crippen LogP contribution in [0, 0.1) is 0 Å². The predicted molar refractivity (Wildman–Crippen MR) is 72.9 cm³/mol. The first kappa shape index (κ1) is 14.2. The second kappa shape index (κ2) is 5.43. The van der Waals surface area contributed by atoms with E-state index in [1.807, 2.05) is 0 Å². The minimum Gasteiger partial charge on any atom is -0.322 e. The summed E-state index contributed by atoms with van der Waals surface area (Å²) in [5.41, 5.74) is 0.684. The van der Waals surface area contributed by atoms with E-state index in [1.54, 1.807) is 30.3 Å². The van der Waals surface area contributed by atoms with Crippen LogP contribution in [0.1, 0.15) is 28.2 Å². The average molecular weight is 295 g/mol. The Morgan fingerprint density at radius 3 is 2.60 bits per heavy atom. The zero-order valence-corrected chi connectivity index (χ0v) is 11.4. The van der Waals surface area contributed by atoms with E-state index in [-0.39, 0.29) is 11.3 Å². The lowest BCUT2D eigenvalue weighted by Crippen LogP contribution is -2.17. The third-order valence-electron chi connectivity index (χ3n) is 2.80. The number of amides is 1. The monoisotopic (exact) mass is 295 g/mol. The Kier molecular flexibility index (Phi) is 3.86. The summed E-state index contributed by atoms with van der Waals surface area (Å²) in [4.78, 5) is 12.1. The van der Waals surface area contributed by atoms with Crippen molar-refractivity contribution < 1.29 is 17.8 Å². The van der Waals surface area contributed by atoms with Crippen molar-refractivity contribution in [1.82, 2.24) is 10.2 Å². The van der Waals surface area contributed by atoms with Gasteiger partial charge in [-0.15, -0.1) is 0 Å². The molecule has 0 saturated carbocycles. The first-order valence-electron chi connectivity index (χ1n) is 5.75. The summed E-state index contributed by atoms with van der Waals surface area (Å²) >= 11 is 0. The second-order valence-electron chi connectivity index (χ2n) is 4.17. The third-order valence-corrected chi connectivity index (χ3v) is 3.93. The van der Waals surface area contributed by atoms with Gasteiger partial charge in [0.2, 0.25) is 0 Å². The minimum atomic E-state index is -4.31. The highest BCUT2D eigenvalue weighted by atomic mass is 32.2. The van der Waals surface area contributed by atoms with Crippen molar-refractivity contribution in [2.75, 3.05) is 5.32 Å². The molecule has 1 aromatic carbocycles. The lowest BCUT2D eigenvalue weighted by molar-refractivity contribution is 0.102. The highest BCUT2D eigenvalue weighted by molar-refractivity contribution is 7.86. The molecule has 1 unspecified atom stereocenters. The normalized spacial score (nSPS) is 12.9. The van der Waals surface area contributed by atoms with Crippen LogP contribution >= 0.6 is 0 Å². The SMILES string of the molecule is CC(c1[nH]ncc1C(=O)Nc1ccccc1)S(=O)(=O)O. The quantitative estimate of drug-likeness (QED) is 0.742. The topological polar surface area (TPSA) is 112 Å². The molecule has 0 radical (unpaired) electrons. The molecule has 106 valence electrons. The lowest BCUT2D eigenvalue weighted by atomic mass is 10.2. The molecule has 2 aromatic rings. The molecule has 0 bridgehead atoms. The highest BCUT2D eigenvalue weighted by Crippen LogP contribution is 2.22. The lowest BCUT2D eigenvalue weighted by Gasteiger charge is -2.09. The molecule has 2 rings (SSSR count). The van der Waals surface area contributed by atoms with Crippen LogP contribution in [0.4, 0.5) is 5.69 Å². The third kappa shape index (κ3) is 3.03. The zero-order valence-electron chi connectivity index (χ0n) is 10.6. The number of rotatable bonds is 4. The van der Waals surface area contributed by atoms with Crippen molar-refractivity contribution in [3.05, 3.63) is 47.8 Å². The molecular formula is C12H13N3O4S. The molecule has 0 fully saturated rings. The van der Waals surface area contributed by atoms with E-state index in [4.69, 9.17) is 4.55 Å². The van der Waals surface area contributed by atoms with Crippen molar-refractivity contribution in [3.63, 3.8) is 0 Å². The van der Waals surface area contributed by atoms with Crippen molar-refractivity contribution in [3.8, 4) is 0 Å². The molecule has 3 N–H and O–H groups in total. The number of hydrogen-bond acceptors (Lipinski definition) is 4. The summed E-state index contributed by atoms with van der Waals surface area (Å²) in [6, 6.07) is 8.71. The van der Waals surface area contributed by atoms with Gasteiger partial charge >= 0.3 is 0 Å². The van der Waals surface area contributed by atoms with Gasteiger partial charge in [0.05, 0.1) is 17.5 Å². The van der Waals surface area contributed by atoms with E-state index < -0.39 is 21.3 Å². The minimum absolute atomic E-state index is 0.0425. The summed E-state index contributed by atoms with van der Waals surface area (Å²) in [6.07, 6.45) is 1.22. The Morgan fingerprint density at radius 1 is 1.35 bits per heavy atom. The Balaban J connectivity index is 2.26. The number of carbonyl (C=O) groups excluding carboxylic acids is 1. The van der Waals surface area contributed by atoms with Crippen LogP contribution in [0.15, 0.2) is 36.5 Å². The molecule has 0 saturated heterocycles. The summed E-state index contributed by atoms with van der Waals surface area (Å²) < 4.78 is 31.3. The molecule has 0 spiro atoms. The fourth-order valence-corrected chi connectivity index (χ4v) is 2.13. The van der Waals surface area contributed by atoms with E-state index in [9.17, 15) is 13.2 Å². The Morgan fingerprint density at radius 2 is 2.00 bits per heavy atom. The first-order chi connectivity index (χ1) is 9.39. The van der Waals surface area contributed by atoms with E-state index in [1.165, 1.54) is 13.1 Å². The van der Waals surface area contributed by atoms with E-state index in [2.05, 4.69) is 15.5 Å². The van der Waals surface area contributed by atoms with Crippen molar-refractivity contribution in [2.24, 2.45) is 0 Å². The predicted octanol–water partition coefficient (Wildman–Crippen LogP) is 1.61. The largest absolute Gasteiger partial charge is 0.322 e. The van der Waals surface area contributed by atoms with Crippen molar-refractivity contribution >= 4 is 21.7 Å². The molecule has 1 aromatic heterocycles. The number of nitrogens with one attached hydrogen (secondary N) is 2. The van der Waals surface area contributed by atoms with Gasteiger partial charge in [0, 0.05) is 5.69 Å². The number of H-pyrrole nitrogens is 1. The van der Waals surface area contributed by atoms with E-state index in [0.29, 0.717) is 5.69 Å². The molecular weight excluding hydrogens is 282 g/mol. The smallest absolute Gasteiger partial charge is 0.273 e. The average Bonchev–Trinajstić information content (AvgIpc) is 2.87. The number of aromatic nitrogens is 2. The Labute approximate surface area is 115 Å². The fourth-order valence-electron chi connectivity index (χ4n) is 1.66. The number of hydrogen-bond donors (Lipinski definition) is 3. The van der Waals surface area contributed by atoms with Gasteiger partial charge in [-0.25, -0.2) is 0 Å². The maximum absolute atomic E-state index is 12.1. The molecule has 1 amide bonds. The van der Waals surface area contributed by atoms with Crippen LogP contribution in [-0.2, 0) is 10.1 Å². The van der Waals surface area contributed by atoms with Gasteiger partial charge in [0.1, 0.15) is 5.25 Å². The van der Waals surface area contributed by atoms with Crippen LogP contribution in [0.2, 0.25) is 0 Å². The standard InChI is InChI=1S/C12H13N3O4S/c1-8(20(17,18)19)11-10(7-13-15-11)12(16)14-9-5-3-2-4-6-9/h2-8H,1H3,(H,13,15)(H,14,16)(H,17,18,19). The van der Waals surface area contributed by atoms with Gasteiger partial charge in [0.15, 0.2) is 0 Å². The number of benzene rings is 1. The van der Waals surface area contributed by atoms with Crippen LogP contribution in [-0.4, -0.2) is 29.1 Å². The highest BCUT2D eigenvalue weighted by Gasteiger charge is 2.26. The van der Waals surface area contributed by atoms with E-state index >= 15 is 0 Å². The van der Waals surface area contributed by atoms with Gasteiger partial charge in [-0.2, -0.15) is 13.5 Å². The van der Waals surface area contributed by atoms with Gasteiger partial charge < -0.3 is 5.32 Å². The van der Waals surface area contributed by atoms with Crippen molar-refractivity contribution in [2.45, 2.75) is 12.2 Å². The number of anilines is 1. The molecule has 1 heterocycles. The molecule has 20 heavy (non-hydrogen) atoms. The maximum atomic E-state index is 12.1. The van der Waals surface area contributed by atoms with Crippen LogP contribution < -0.4 is 5.32 Å². The Hall–Kier alpha value is -2.19. The molecule has 7 nitrogen and oxygen atoms in total. The zero-order chi connectivity index (χ0) is 14.8. The van der Waals surface area contributed by atoms with Crippen LogP contribution in [0.3, 0.4) is 0 Å². The fraction of sp³-hybridized carbons (Fsp3) is 0.167. The molecule has 0 aliphatic heterocycles. The maximum Gasteiger partial charge on any atom is 0.273 e. The van der Waals surface area contributed by atoms with Crippen LogP contribution in [0.5, 0.6) is 0 Å². The Bertz CT molecular complexity index is 709. The van der Waals surface area contributed by atoms with Gasteiger partial charge in [-0.1, -0.05) is 18.2 Å². The molecule has 0 aliphatic rings. The number of carbonyl (C=O) groups is 1. The van der Waals surface area contributed by atoms with Gasteiger partial charge in [-0.05, 0) is 19.1 Å². The second-order valence-corrected chi connectivity index (χ2v) is 5.91. The van der Waals surface area contributed by atoms with E-state index in [0.717, 1.165) is 0 Å². The number of para-hydroxylation sites is 1. The molecule has 1 atom stereocenters. The van der Waals surface area contributed by atoms with Crippen molar-refractivity contribution in [1.29, 1.82) is 0 Å². The first-order valence-corrected chi connectivity index (χ1v) is 7.26. The number of aromatic amines is 1. The van der Waals surface area contributed by atoms with Crippen LogP contribution in [0.25, 0.3) is 0 Å². The van der Waals surface area contributed by atoms with Gasteiger partial charge in [-0.3, -0.25) is 14.4 Å². The number of nitrogens with zero attached hydrogens (tertiary/aromatic N) is 1. The summed E-state index contributed by atoms with van der Waals surface area (Å²) in [5.74, 6) is -0.504. The summed E-state index contributed by atoms with van der Waals surface area (Å²) in [5, 5.41) is 7.44. The molecule has 0 aliphatic carbocycles. The van der Waals surface area contributed by atoms with Gasteiger partial charge in [0.25, 0.3) is 16.0 Å².